The number of pyridine rings is 1. The van der Waals surface area contributed by atoms with Crippen molar-refractivity contribution in [1.82, 2.24) is 19.6 Å². The lowest BCUT2D eigenvalue weighted by atomic mass is 10.2. The summed E-state index contributed by atoms with van der Waals surface area (Å²) in [6.07, 6.45) is 7.35. The van der Waals surface area contributed by atoms with Crippen molar-refractivity contribution in [2.24, 2.45) is 0 Å². The van der Waals surface area contributed by atoms with Crippen molar-refractivity contribution in [3.63, 3.8) is 0 Å². The van der Waals surface area contributed by atoms with Crippen molar-refractivity contribution >= 4 is 22.4 Å². The summed E-state index contributed by atoms with van der Waals surface area (Å²) in [5, 5.41) is 4.38. The second-order valence-corrected chi connectivity index (χ2v) is 7.06. The molecule has 0 unspecified atom stereocenters. The molecule has 0 aliphatic heterocycles. The maximum absolute atomic E-state index is 12.6. The van der Waals surface area contributed by atoms with Crippen molar-refractivity contribution in [2.45, 2.75) is 19.8 Å². The second kappa shape index (κ2) is 7.67. The van der Waals surface area contributed by atoms with E-state index in [1.54, 1.807) is 12.4 Å². The number of ether oxygens (including phenoxy) is 1. The van der Waals surface area contributed by atoms with Gasteiger partial charge in [-0.3, -0.25) is 9.78 Å². The minimum absolute atomic E-state index is 0.162. The van der Waals surface area contributed by atoms with E-state index in [-0.39, 0.29) is 5.56 Å². The number of hydrogen-bond acceptors (Lipinski definition) is 6. The minimum atomic E-state index is -0.162. The highest BCUT2D eigenvalue weighted by molar-refractivity contribution is 7.15. The predicted molar refractivity (Wildman–Crippen MR) is 106 cm³/mol. The number of rotatable bonds is 6. The van der Waals surface area contributed by atoms with Gasteiger partial charge in [0.25, 0.3) is 5.56 Å². The number of hydrogen-bond donors (Lipinski definition) is 0. The van der Waals surface area contributed by atoms with Crippen LogP contribution >= 0.6 is 11.3 Å². The molecule has 0 atom stereocenters. The van der Waals surface area contributed by atoms with Crippen LogP contribution in [-0.4, -0.2) is 26.2 Å². The first-order valence-corrected chi connectivity index (χ1v) is 9.61. The molecule has 0 saturated carbocycles. The highest BCUT2D eigenvalue weighted by Crippen LogP contribution is 2.20. The molecule has 3 heterocycles. The third kappa shape index (κ3) is 3.73. The zero-order valence-corrected chi connectivity index (χ0v) is 15.6. The SMILES string of the molecule is CCCCOc1ccc(-c2nc3sc(=Cc4ccncc4)c(=O)n3n2)cc1. The molecule has 0 radical (unpaired) electrons. The Hall–Kier alpha value is -3.06. The molecule has 0 saturated heterocycles. The maximum Gasteiger partial charge on any atom is 0.291 e. The predicted octanol–water partition coefficient (Wildman–Crippen LogP) is 2.94. The average Bonchev–Trinajstić information content (AvgIpc) is 3.23. The van der Waals surface area contributed by atoms with Gasteiger partial charge in [-0.1, -0.05) is 24.7 Å². The zero-order chi connectivity index (χ0) is 18.6. The molecule has 0 bridgehead atoms. The third-order valence-electron chi connectivity index (χ3n) is 4.06. The Bertz CT molecular complexity index is 1150. The van der Waals surface area contributed by atoms with E-state index in [4.69, 9.17) is 4.74 Å². The van der Waals surface area contributed by atoms with Gasteiger partial charge in [-0.05, 0) is 54.5 Å². The summed E-state index contributed by atoms with van der Waals surface area (Å²) in [6, 6.07) is 11.3. The van der Waals surface area contributed by atoms with Gasteiger partial charge in [-0.25, -0.2) is 0 Å². The van der Waals surface area contributed by atoms with E-state index in [2.05, 4.69) is 22.0 Å². The molecular weight excluding hydrogens is 360 g/mol. The van der Waals surface area contributed by atoms with Crippen LogP contribution in [-0.2, 0) is 0 Å². The molecule has 6 nitrogen and oxygen atoms in total. The molecule has 1 aromatic carbocycles. The molecule has 4 aromatic rings. The summed E-state index contributed by atoms with van der Waals surface area (Å²) in [5.41, 5.74) is 1.61. The average molecular weight is 378 g/mol. The Morgan fingerprint density at radius 1 is 1.15 bits per heavy atom. The Morgan fingerprint density at radius 3 is 2.63 bits per heavy atom. The molecule has 0 aliphatic carbocycles. The van der Waals surface area contributed by atoms with E-state index in [9.17, 15) is 4.79 Å². The van der Waals surface area contributed by atoms with Crippen LogP contribution in [0.3, 0.4) is 0 Å². The van der Waals surface area contributed by atoms with Gasteiger partial charge in [0.1, 0.15) is 5.75 Å². The lowest BCUT2D eigenvalue weighted by molar-refractivity contribution is 0.309. The molecule has 0 aliphatic rings. The summed E-state index contributed by atoms with van der Waals surface area (Å²) < 4.78 is 7.63. The van der Waals surface area contributed by atoms with E-state index in [1.807, 2.05) is 42.5 Å². The van der Waals surface area contributed by atoms with Crippen LogP contribution in [0.2, 0.25) is 0 Å². The van der Waals surface area contributed by atoms with Gasteiger partial charge in [0.2, 0.25) is 4.96 Å². The first kappa shape index (κ1) is 17.4. The highest BCUT2D eigenvalue weighted by atomic mass is 32.1. The Balaban J connectivity index is 1.61. The van der Waals surface area contributed by atoms with Crippen LogP contribution in [0.1, 0.15) is 25.3 Å². The molecule has 4 rings (SSSR count). The topological polar surface area (TPSA) is 69.4 Å². The summed E-state index contributed by atoms with van der Waals surface area (Å²) >= 11 is 1.33. The number of aromatic nitrogens is 4. The fraction of sp³-hybridized carbons (Fsp3) is 0.200. The van der Waals surface area contributed by atoms with E-state index < -0.39 is 0 Å². The zero-order valence-electron chi connectivity index (χ0n) is 14.8. The lowest BCUT2D eigenvalue weighted by Gasteiger charge is -2.05. The quantitative estimate of drug-likeness (QED) is 0.483. The number of unbranched alkanes of at least 4 members (excludes halogenated alkanes) is 1. The molecule has 7 heteroatoms. The molecule has 27 heavy (non-hydrogen) atoms. The third-order valence-corrected chi connectivity index (χ3v) is 5.02. The normalized spacial score (nSPS) is 12.0. The largest absolute Gasteiger partial charge is 0.494 e. The summed E-state index contributed by atoms with van der Waals surface area (Å²) in [4.78, 5) is 21.7. The van der Waals surface area contributed by atoms with Crippen molar-refractivity contribution in [2.75, 3.05) is 6.61 Å². The standard InChI is InChI=1S/C20H18N4O2S/c1-2-3-12-26-16-6-4-15(5-7-16)18-22-20-24(23-18)19(25)17(27-20)13-14-8-10-21-11-9-14/h4-11,13H,2-3,12H2,1H3. The Kier molecular flexibility index (Phi) is 4.93. The van der Waals surface area contributed by atoms with Crippen LogP contribution in [0.25, 0.3) is 22.4 Å². The first-order valence-electron chi connectivity index (χ1n) is 8.79. The Morgan fingerprint density at radius 2 is 1.93 bits per heavy atom. The fourth-order valence-electron chi connectivity index (χ4n) is 2.60. The molecule has 0 fully saturated rings. The van der Waals surface area contributed by atoms with Crippen LogP contribution in [0.15, 0.2) is 53.6 Å². The van der Waals surface area contributed by atoms with Crippen molar-refractivity contribution in [1.29, 1.82) is 0 Å². The van der Waals surface area contributed by atoms with Gasteiger partial charge in [0.05, 0.1) is 11.1 Å². The lowest BCUT2D eigenvalue weighted by Crippen LogP contribution is -2.23. The second-order valence-electron chi connectivity index (χ2n) is 6.05. The van der Waals surface area contributed by atoms with Crippen molar-refractivity contribution in [3.05, 3.63) is 69.2 Å². The van der Waals surface area contributed by atoms with Gasteiger partial charge in [0, 0.05) is 18.0 Å². The number of benzene rings is 1. The van der Waals surface area contributed by atoms with E-state index in [0.717, 1.165) is 29.7 Å². The van der Waals surface area contributed by atoms with Gasteiger partial charge in [-0.2, -0.15) is 9.50 Å². The number of nitrogens with zero attached hydrogens (tertiary/aromatic N) is 4. The summed E-state index contributed by atoms with van der Waals surface area (Å²) in [7, 11) is 0. The molecule has 3 aromatic heterocycles. The van der Waals surface area contributed by atoms with E-state index in [0.29, 0.717) is 21.9 Å². The van der Waals surface area contributed by atoms with Crippen LogP contribution in [0, 0.1) is 0 Å². The first-order chi connectivity index (χ1) is 13.2. The monoisotopic (exact) mass is 378 g/mol. The number of fused-ring (bicyclic) bond motifs is 1. The van der Waals surface area contributed by atoms with E-state index in [1.165, 1.54) is 15.9 Å². The summed E-state index contributed by atoms with van der Waals surface area (Å²) in [6.45, 7) is 2.84. The van der Waals surface area contributed by atoms with Crippen molar-refractivity contribution in [3.8, 4) is 17.1 Å². The van der Waals surface area contributed by atoms with Gasteiger partial charge in [0.15, 0.2) is 5.82 Å². The van der Waals surface area contributed by atoms with Crippen LogP contribution in [0.4, 0.5) is 0 Å². The summed E-state index contributed by atoms with van der Waals surface area (Å²) in [5.74, 6) is 1.36. The molecule has 0 spiro atoms. The van der Waals surface area contributed by atoms with Crippen molar-refractivity contribution < 1.29 is 4.74 Å². The Labute approximate surface area is 159 Å². The minimum Gasteiger partial charge on any atom is -0.494 e. The molecule has 0 amide bonds. The molecule has 0 N–H and O–H groups in total. The highest BCUT2D eigenvalue weighted by Gasteiger charge is 2.12. The smallest absolute Gasteiger partial charge is 0.291 e. The molecular formula is C20H18N4O2S. The molecule has 136 valence electrons. The van der Waals surface area contributed by atoms with Gasteiger partial charge in [-0.15, -0.1) is 5.10 Å². The van der Waals surface area contributed by atoms with E-state index >= 15 is 0 Å². The number of thiazole rings is 1. The fourth-order valence-corrected chi connectivity index (χ4v) is 3.51. The maximum atomic E-state index is 12.6. The van der Waals surface area contributed by atoms with Gasteiger partial charge >= 0.3 is 0 Å². The van der Waals surface area contributed by atoms with Crippen LogP contribution in [0.5, 0.6) is 5.75 Å². The van der Waals surface area contributed by atoms with Crippen LogP contribution < -0.4 is 14.8 Å². The van der Waals surface area contributed by atoms with Gasteiger partial charge < -0.3 is 4.74 Å².